The van der Waals surface area contributed by atoms with Gasteiger partial charge < -0.3 is 0 Å². The minimum absolute atomic E-state index is 0.232. The van der Waals surface area contributed by atoms with Crippen LogP contribution in [0, 0.1) is 11.3 Å². The molecule has 2 aromatic carbocycles. The number of fused-ring (bicyclic) bond motifs is 1. The number of hydrogen-bond acceptors (Lipinski definition) is 3. The second kappa shape index (κ2) is 5.77. The SMILES string of the molecule is N#CC(Sc1ccc2ccccc2n1)c1ccccc1. The minimum Gasteiger partial charge on any atom is -0.241 e. The summed E-state index contributed by atoms with van der Waals surface area (Å²) in [5.74, 6) is 0. The van der Waals surface area contributed by atoms with Crippen LogP contribution in [0.25, 0.3) is 10.9 Å². The number of pyridine rings is 1. The molecular formula is C17H12N2S. The van der Waals surface area contributed by atoms with E-state index < -0.39 is 0 Å². The van der Waals surface area contributed by atoms with Crippen LogP contribution >= 0.6 is 11.8 Å². The van der Waals surface area contributed by atoms with Gasteiger partial charge in [0.25, 0.3) is 0 Å². The van der Waals surface area contributed by atoms with Gasteiger partial charge in [0, 0.05) is 5.39 Å². The van der Waals surface area contributed by atoms with Gasteiger partial charge in [-0.05, 0) is 17.7 Å². The Morgan fingerprint density at radius 2 is 1.65 bits per heavy atom. The molecule has 0 aliphatic carbocycles. The van der Waals surface area contributed by atoms with Gasteiger partial charge in [-0.15, -0.1) is 0 Å². The van der Waals surface area contributed by atoms with Crippen LogP contribution in [0.5, 0.6) is 0 Å². The van der Waals surface area contributed by atoms with Crippen molar-refractivity contribution in [1.29, 1.82) is 5.26 Å². The Labute approximate surface area is 122 Å². The Morgan fingerprint density at radius 3 is 2.45 bits per heavy atom. The van der Waals surface area contributed by atoms with Crippen LogP contribution in [0.2, 0.25) is 0 Å². The lowest BCUT2D eigenvalue weighted by Gasteiger charge is -2.09. The summed E-state index contributed by atoms with van der Waals surface area (Å²) in [6, 6.07) is 24.2. The highest BCUT2D eigenvalue weighted by Crippen LogP contribution is 2.34. The molecule has 0 spiro atoms. The molecule has 3 aromatic rings. The van der Waals surface area contributed by atoms with Gasteiger partial charge in [-0.1, -0.05) is 66.4 Å². The summed E-state index contributed by atoms with van der Waals surface area (Å²) in [6.45, 7) is 0. The van der Waals surface area contributed by atoms with Crippen molar-refractivity contribution in [3.05, 3.63) is 72.3 Å². The van der Waals surface area contributed by atoms with Crippen molar-refractivity contribution in [2.75, 3.05) is 0 Å². The van der Waals surface area contributed by atoms with Crippen LogP contribution < -0.4 is 0 Å². The van der Waals surface area contributed by atoms with Gasteiger partial charge in [-0.2, -0.15) is 5.26 Å². The van der Waals surface area contributed by atoms with Gasteiger partial charge in [0.05, 0.1) is 16.6 Å². The number of thioether (sulfide) groups is 1. The highest BCUT2D eigenvalue weighted by Gasteiger charge is 2.12. The normalized spacial score (nSPS) is 11.9. The van der Waals surface area contributed by atoms with E-state index in [0.717, 1.165) is 21.5 Å². The molecule has 0 N–H and O–H groups in total. The Morgan fingerprint density at radius 1 is 0.900 bits per heavy atom. The van der Waals surface area contributed by atoms with Crippen molar-refractivity contribution >= 4 is 22.7 Å². The minimum atomic E-state index is -0.232. The van der Waals surface area contributed by atoms with Crippen LogP contribution in [-0.2, 0) is 0 Å². The number of nitrogens with zero attached hydrogens (tertiary/aromatic N) is 2. The number of rotatable bonds is 3. The number of nitriles is 1. The zero-order chi connectivity index (χ0) is 13.8. The average Bonchev–Trinajstić information content (AvgIpc) is 2.53. The van der Waals surface area contributed by atoms with E-state index in [9.17, 15) is 5.26 Å². The van der Waals surface area contributed by atoms with E-state index in [4.69, 9.17) is 0 Å². The number of benzene rings is 2. The van der Waals surface area contributed by atoms with Crippen molar-refractivity contribution in [3.8, 4) is 6.07 Å². The highest BCUT2D eigenvalue weighted by atomic mass is 32.2. The van der Waals surface area contributed by atoms with Gasteiger partial charge in [0.2, 0.25) is 0 Å². The quantitative estimate of drug-likeness (QED) is 0.656. The van der Waals surface area contributed by atoms with E-state index in [1.54, 1.807) is 0 Å². The number of hydrogen-bond donors (Lipinski definition) is 0. The van der Waals surface area contributed by atoms with Gasteiger partial charge >= 0.3 is 0 Å². The summed E-state index contributed by atoms with van der Waals surface area (Å²) in [6.07, 6.45) is 0. The van der Waals surface area contributed by atoms with Gasteiger partial charge in [0.15, 0.2) is 0 Å². The lowest BCUT2D eigenvalue weighted by atomic mass is 10.2. The smallest absolute Gasteiger partial charge is 0.123 e. The Hall–Kier alpha value is -2.31. The summed E-state index contributed by atoms with van der Waals surface area (Å²) in [7, 11) is 0. The first-order valence-electron chi connectivity index (χ1n) is 6.34. The fourth-order valence-corrected chi connectivity index (χ4v) is 2.92. The Kier molecular flexibility index (Phi) is 3.67. The lowest BCUT2D eigenvalue weighted by molar-refractivity contribution is 1.15. The lowest BCUT2D eigenvalue weighted by Crippen LogP contribution is -1.91. The van der Waals surface area contributed by atoms with Crippen LogP contribution in [-0.4, -0.2) is 4.98 Å². The first-order chi connectivity index (χ1) is 9.86. The van der Waals surface area contributed by atoms with E-state index in [0.29, 0.717) is 0 Å². The van der Waals surface area contributed by atoms with Crippen LogP contribution in [0.15, 0.2) is 71.8 Å². The largest absolute Gasteiger partial charge is 0.241 e. The second-order valence-electron chi connectivity index (χ2n) is 4.38. The molecular weight excluding hydrogens is 264 g/mol. The Balaban J connectivity index is 1.90. The molecule has 1 aromatic heterocycles. The first-order valence-corrected chi connectivity index (χ1v) is 7.22. The zero-order valence-electron chi connectivity index (χ0n) is 10.7. The van der Waals surface area contributed by atoms with Gasteiger partial charge in [-0.25, -0.2) is 4.98 Å². The molecule has 0 aliphatic heterocycles. The number of para-hydroxylation sites is 1. The monoisotopic (exact) mass is 276 g/mol. The molecule has 0 aliphatic rings. The van der Waals surface area contributed by atoms with Crippen molar-refractivity contribution in [1.82, 2.24) is 4.98 Å². The van der Waals surface area contributed by atoms with Gasteiger partial charge in [-0.3, -0.25) is 0 Å². The Bertz CT molecular complexity index is 763. The summed E-state index contributed by atoms with van der Waals surface area (Å²) >= 11 is 1.48. The molecule has 0 fully saturated rings. The molecule has 2 nitrogen and oxygen atoms in total. The predicted octanol–water partition coefficient (Wildman–Crippen LogP) is 4.59. The molecule has 1 heterocycles. The molecule has 0 bridgehead atoms. The third kappa shape index (κ3) is 2.66. The first kappa shape index (κ1) is 12.7. The average molecular weight is 276 g/mol. The highest BCUT2D eigenvalue weighted by molar-refractivity contribution is 7.99. The van der Waals surface area contributed by atoms with Crippen LogP contribution in [0.4, 0.5) is 0 Å². The molecule has 96 valence electrons. The predicted molar refractivity (Wildman–Crippen MR) is 82.4 cm³/mol. The summed E-state index contributed by atoms with van der Waals surface area (Å²) < 4.78 is 0. The van der Waals surface area contributed by atoms with E-state index in [1.807, 2.05) is 66.7 Å². The summed E-state index contributed by atoms with van der Waals surface area (Å²) in [5.41, 5.74) is 1.97. The van der Waals surface area contributed by atoms with Crippen LogP contribution in [0.3, 0.4) is 0 Å². The topological polar surface area (TPSA) is 36.7 Å². The summed E-state index contributed by atoms with van der Waals surface area (Å²) in [5, 5.41) is 11.1. The van der Waals surface area contributed by atoms with E-state index in [2.05, 4.69) is 11.1 Å². The van der Waals surface area contributed by atoms with E-state index in [1.165, 1.54) is 11.8 Å². The van der Waals surface area contributed by atoms with E-state index in [-0.39, 0.29) is 5.25 Å². The van der Waals surface area contributed by atoms with Crippen molar-refractivity contribution in [2.45, 2.75) is 10.3 Å². The van der Waals surface area contributed by atoms with Crippen molar-refractivity contribution in [3.63, 3.8) is 0 Å². The standard InChI is InChI=1S/C17H12N2S/c18-12-16(14-7-2-1-3-8-14)20-17-11-10-13-6-4-5-9-15(13)19-17/h1-11,16H. The molecule has 1 unspecified atom stereocenters. The maximum Gasteiger partial charge on any atom is 0.123 e. The molecule has 20 heavy (non-hydrogen) atoms. The third-order valence-electron chi connectivity index (χ3n) is 3.03. The maximum absolute atomic E-state index is 9.36. The fourth-order valence-electron chi connectivity index (χ4n) is 2.03. The second-order valence-corrected chi connectivity index (χ2v) is 5.51. The van der Waals surface area contributed by atoms with E-state index >= 15 is 0 Å². The third-order valence-corrected chi connectivity index (χ3v) is 4.11. The van der Waals surface area contributed by atoms with Crippen molar-refractivity contribution in [2.24, 2.45) is 0 Å². The molecule has 0 saturated heterocycles. The fraction of sp³-hybridized carbons (Fsp3) is 0.0588. The van der Waals surface area contributed by atoms with Crippen LogP contribution in [0.1, 0.15) is 10.8 Å². The molecule has 1 atom stereocenters. The number of aromatic nitrogens is 1. The molecule has 0 amide bonds. The molecule has 0 saturated carbocycles. The van der Waals surface area contributed by atoms with Gasteiger partial charge in [0.1, 0.15) is 5.25 Å². The molecule has 3 heteroatoms. The molecule has 0 radical (unpaired) electrons. The maximum atomic E-state index is 9.36. The molecule has 3 rings (SSSR count). The van der Waals surface area contributed by atoms with Crippen molar-refractivity contribution < 1.29 is 0 Å². The zero-order valence-corrected chi connectivity index (χ0v) is 11.5. The summed E-state index contributed by atoms with van der Waals surface area (Å²) in [4.78, 5) is 4.60.